The third-order valence-electron chi connectivity index (χ3n) is 1.67. The molecule has 0 aliphatic heterocycles. The molecule has 0 saturated heterocycles. The second kappa shape index (κ2) is 3.83. The van der Waals surface area contributed by atoms with Gasteiger partial charge in [-0.2, -0.15) is 13.2 Å². The van der Waals surface area contributed by atoms with Crippen LogP contribution in [0.25, 0.3) is 0 Å². The molecule has 2 N–H and O–H groups in total. The lowest BCUT2D eigenvalue weighted by Crippen LogP contribution is -2.09. The van der Waals surface area contributed by atoms with E-state index in [4.69, 9.17) is 10.5 Å². The normalized spacial score (nSPS) is 11.5. The van der Waals surface area contributed by atoms with Gasteiger partial charge in [-0.05, 0) is 6.07 Å². The molecule has 0 bridgehead atoms. The van der Waals surface area contributed by atoms with Crippen LogP contribution in [-0.4, -0.2) is 12.1 Å². The van der Waals surface area contributed by atoms with Crippen LogP contribution in [-0.2, 0) is 12.7 Å². The van der Waals surface area contributed by atoms with Crippen molar-refractivity contribution in [3.8, 4) is 5.88 Å². The van der Waals surface area contributed by atoms with Gasteiger partial charge in [0.25, 0.3) is 0 Å². The van der Waals surface area contributed by atoms with Crippen molar-refractivity contribution < 1.29 is 17.9 Å². The predicted molar refractivity (Wildman–Crippen MR) is 43.7 cm³/mol. The van der Waals surface area contributed by atoms with Crippen LogP contribution in [0.2, 0.25) is 0 Å². The molecular weight excluding hydrogens is 197 g/mol. The van der Waals surface area contributed by atoms with Crippen LogP contribution in [0.4, 0.5) is 13.2 Å². The molecule has 3 nitrogen and oxygen atoms in total. The maximum absolute atomic E-state index is 12.2. The Morgan fingerprint density at radius 2 is 2.14 bits per heavy atom. The molecule has 1 aromatic rings. The molecule has 0 aliphatic carbocycles. The molecule has 0 radical (unpaired) electrons. The largest absolute Gasteiger partial charge is 0.481 e. The molecule has 0 atom stereocenters. The van der Waals surface area contributed by atoms with Crippen LogP contribution in [0.3, 0.4) is 0 Å². The Morgan fingerprint density at radius 3 is 2.57 bits per heavy atom. The van der Waals surface area contributed by atoms with E-state index in [1.165, 1.54) is 7.11 Å². The van der Waals surface area contributed by atoms with Crippen LogP contribution >= 0.6 is 0 Å². The fourth-order valence-corrected chi connectivity index (χ4v) is 0.983. The maximum atomic E-state index is 12.2. The maximum Gasteiger partial charge on any atom is 0.417 e. The fourth-order valence-electron chi connectivity index (χ4n) is 0.983. The van der Waals surface area contributed by atoms with E-state index in [0.29, 0.717) is 0 Å². The van der Waals surface area contributed by atoms with Gasteiger partial charge in [-0.15, -0.1) is 0 Å². The van der Waals surface area contributed by atoms with Crippen molar-refractivity contribution in [2.24, 2.45) is 5.73 Å². The van der Waals surface area contributed by atoms with E-state index >= 15 is 0 Å². The first-order valence-corrected chi connectivity index (χ1v) is 3.79. The van der Waals surface area contributed by atoms with Gasteiger partial charge < -0.3 is 10.5 Å². The number of rotatable bonds is 2. The number of methoxy groups -OCH3 is 1. The monoisotopic (exact) mass is 206 g/mol. The quantitative estimate of drug-likeness (QED) is 0.798. The van der Waals surface area contributed by atoms with Crippen LogP contribution in [0.5, 0.6) is 5.88 Å². The van der Waals surface area contributed by atoms with Crippen molar-refractivity contribution in [1.82, 2.24) is 4.98 Å². The number of alkyl halides is 3. The SMILES string of the molecule is COc1ncc(C(F)(F)F)cc1CN. The summed E-state index contributed by atoms with van der Waals surface area (Å²) in [6, 6.07) is 0.936. The van der Waals surface area contributed by atoms with E-state index in [1.54, 1.807) is 0 Å². The molecule has 0 spiro atoms. The lowest BCUT2D eigenvalue weighted by molar-refractivity contribution is -0.137. The number of nitrogens with two attached hydrogens (primary N) is 1. The zero-order valence-electron chi connectivity index (χ0n) is 7.43. The molecule has 0 unspecified atom stereocenters. The van der Waals surface area contributed by atoms with Gasteiger partial charge in [0.1, 0.15) is 0 Å². The number of halogens is 3. The Bertz CT molecular complexity index is 325. The van der Waals surface area contributed by atoms with Gasteiger partial charge in [0, 0.05) is 18.3 Å². The highest BCUT2D eigenvalue weighted by Crippen LogP contribution is 2.30. The van der Waals surface area contributed by atoms with Gasteiger partial charge in [0.15, 0.2) is 0 Å². The standard InChI is InChI=1S/C8H9F3N2O/c1-14-7-5(3-12)2-6(4-13-7)8(9,10)11/h2,4H,3,12H2,1H3. The number of hydrogen-bond donors (Lipinski definition) is 1. The molecule has 0 fully saturated rings. The third-order valence-corrected chi connectivity index (χ3v) is 1.67. The zero-order valence-corrected chi connectivity index (χ0v) is 7.43. The van der Waals surface area contributed by atoms with Crippen LogP contribution < -0.4 is 10.5 Å². The lowest BCUT2D eigenvalue weighted by atomic mass is 10.2. The van der Waals surface area contributed by atoms with Crippen LogP contribution in [0.1, 0.15) is 11.1 Å². The smallest absolute Gasteiger partial charge is 0.417 e. The summed E-state index contributed by atoms with van der Waals surface area (Å²) in [6.45, 7) is -0.0416. The van der Waals surface area contributed by atoms with E-state index < -0.39 is 11.7 Å². The van der Waals surface area contributed by atoms with Gasteiger partial charge in [-0.25, -0.2) is 4.98 Å². The Morgan fingerprint density at radius 1 is 1.50 bits per heavy atom. The number of nitrogens with zero attached hydrogens (tertiary/aromatic N) is 1. The van der Waals surface area contributed by atoms with E-state index in [-0.39, 0.29) is 18.0 Å². The Labute approximate surface area is 78.7 Å². The van der Waals surface area contributed by atoms with Crippen molar-refractivity contribution in [1.29, 1.82) is 0 Å². The lowest BCUT2D eigenvalue weighted by Gasteiger charge is -2.10. The predicted octanol–water partition coefficient (Wildman–Crippen LogP) is 1.57. The molecule has 78 valence electrons. The Balaban J connectivity index is 3.14. The molecule has 0 saturated carbocycles. The van der Waals surface area contributed by atoms with Crippen molar-refractivity contribution in [2.75, 3.05) is 7.11 Å². The number of pyridine rings is 1. The highest BCUT2D eigenvalue weighted by Gasteiger charge is 2.31. The van der Waals surface area contributed by atoms with Crippen molar-refractivity contribution in [3.63, 3.8) is 0 Å². The average molecular weight is 206 g/mol. The second-order valence-corrected chi connectivity index (χ2v) is 2.59. The average Bonchev–Trinajstić information content (AvgIpc) is 2.15. The minimum absolute atomic E-state index is 0.0416. The van der Waals surface area contributed by atoms with Gasteiger partial charge >= 0.3 is 6.18 Å². The summed E-state index contributed by atoms with van der Waals surface area (Å²) in [6.07, 6.45) is -3.68. The Kier molecular flexibility index (Phi) is 2.95. The van der Waals surface area contributed by atoms with Crippen LogP contribution in [0.15, 0.2) is 12.3 Å². The molecule has 0 aliphatic rings. The topological polar surface area (TPSA) is 48.1 Å². The summed E-state index contributed by atoms with van der Waals surface area (Å²) in [4.78, 5) is 3.51. The summed E-state index contributed by atoms with van der Waals surface area (Å²) >= 11 is 0. The molecule has 1 aromatic heterocycles. The van der Waals surface area contributed by atoms with E-state index in [2.05, 4.69) is 4.98 Å². The molecule has 1 heterocycles. The highest BCUT2D eigenvalue weighted by molar-refractivity contribution is 5.31. The fraction of sp³-hybridized carbons (Fsp3) is 0.375. The first kappa shape index (κ1) is 10.8. The number of ether oxygens (including phenoxy) is 1. The summed E-state index contributed by atoms with van der Waals surface area (Å²) in [5.74, 6) is 0.125. The highest BCUT2D eigenvalue weighted by atomic mass is 19.4. The van der Waals surface area contributed by atoms with Crippen molar-refractivity contribution >= 4 is 0 Å². The molecule has 0 aromatic carbocycles. The molecule has 6 heteroatoms. The van der Waals surface area contributed by atoms with Gasteiger partial charge in [0.05, 0.1) is 12.7 Å². The molecule has 1 rings (SSSR count). The minimum atomic E-state index is -4.40. The molecule has 14 heavy (non-hydrogen) atoms. The Hall–Kier alpha value is -1.30. The number of hydrogen-bond acceptors (Lipinski definition) is 3. The van der Waals surface area contributed by atoms with Crippen LogP contribution in [0, 0.1) is 0 Å². The minimum Gasteiger partial charge on any atom is -0.481 e. The summed E-state index contributed by atoms with van der Waals surface area (Å²) < 4.78 is 41.4. The van der Waals surface area contributed by atoms with Gasteiger partial charge in [0.2, 0.25) is 5.88 Å². The second-order valence-electron chi connectivity index (χ2n) is 2.59. The summed E-state index contributed by atoms with van der Waals surface area (Å²) in [5, 5.41) is 0. The molecular formula is C8H9F3N2O. The zero-order chi connectivity index (χ0) is 10.8. The molecule has 0 amide bonds. The number of aromatic nitrogens is 1. The van der Waals surface area contributed by atoms with E-state index in [1.807, 2.05) is 0 Å². The summed E-state index contributed by atoms with van der Waals surface area (Å²) in [7, 11) is 1.33. The van der Waals surface area contributed by atoms with Gasteiger partial charge in [-0.1, -0.05) is 0 Å². The first-order chi connectivity index (χ1) is 6.49. The van der Waals surface area contributed by atoms with Crippen molar-refractivity contribution in [2.45, 2.75) is 12.7 Å². The van der Waals surface area contributed by atoms with E-state index in [0.717, 1.165) is 12.3 Å². The first-order valence-electron chi connectivity index (χ1n) is 3.79. The summed E-state index contributed by atoms with van der Waals surface area (Å²) in [5.41, 5.74) is 4.67. The van der Waals surface area contributed by atoms with Gasteiger partial charge in [-0.3, -0.25) is 0 Å². The van der Waals surface area contributed by atoms with E-state index in [9.17, 15) is 13.2 Å². The third kappa shape index (κ3) is 2.14. The van der Waals surface area contributed by atoms with Crippen molar-refractivity contribution in [3.05, 3.63) is 23.4 Å².